The molecule has 0 aliphatic rings. The third-order valence-corrected chi connectivity index (χ3v) is 3.12. The number of thioether (sulfide) groups is 1. The number of carbonyl (C=O) groups excluding carboxylic acids is 1. The van der Waals surface area contributed by atoms with Crippen LogP contribution in [-0.2, 0) is 4.74 Å². The van der Waals surface area contributed by atoms with Crippen molar-refractivity contribution in [2.24, 2.45) is 0 Å². The molecule has 0 N–H and O–H groups in total. The van der Waals surface area contributed by atoms with Gasteiger partial charge >= 0.3 is 5.97 Å². The number of hydrogen-bond donors (Lipinski definition) is 0. The van der Waals surface area contributed by atoms with Gasteiger partial charge in [-0.05, 0) is 25.1 Å². The normalized spacial score (nSPS) is 10.6. The molecular weight excluding hydrogens is 244 g/mol. The second kappa shape index (κ2) is 6.16. The zero-order valence-corrected chi connectivity index (χ0v) is 11.2. The Labute approximate surface area is 105 Å². The summed E-state index contributed by atoms with van der Waals surface area (Å²) in [6, 6.07) is 5.30. The monoisotopic (exact) mass is 258 g/mol. The van der Waals surface area contributed by atoms with Gasteiger partial charge in [-0.1, -0.05) is 25.4 Å². The molecule has 0 amide bonds. The van der Waals surface area contributed by atoms with Crippen LogP contribution in [0.3, 0.4) is 0 Å². The van der Waals surface area contributed by atoms with Crippen LogP contribution >= 0.6 is 23.4 Å². The Morgan fingerprint density at radius 3 is 2.75 bits per heavy atom. The van der Waals surface area contributed by atoms with Crippen molar-refractivity contribution in [1.82, 2.24) is 0 Å². The third kappa shape index (κ3) is 3.72. The van der Waals surface area contributed by atoms with Crippen LogP contribution < -0.4 is 0 Å². The minimum atomic E-state index is -0.312. The molecule has 0 saturated carbocycles. The predicted octanol–water partition coefficient (Wildman–Crippen LogP) is 4.02. The Kier molecular flexibility index (Phi) is 5.16. The van der Waals surface area contributed by atoms with E-state index in [1.54, 1.807) is 30.8 Å². The van der Waals surface area contributed by atoms with Crippen LogP contribution in [0.5, 0.6) is 0 Å². The van der Waals surface area contributed by atoms with Crippen LogP contribution in [0.2, 0.25) is 5.02 Å². The van der Waals surface area contributed by atoms with Gasteiger partial charge in [0.15, 0.2) is 0 Å². The van der Waals surface area contributed by atoms with Crippen LogP contribution in [0, 0.1) is 0 Å². The largest absolute Gasteiger partial charge is 0.462 e. The van der Waals surface area contributed by atoms with Gasteiger partial charge in [-0.2, -0.15) is 0 Å². The first-order valence-corrected chi connectivity index (χ1v) is 6.43. The molecule has 0 aliphatic heterocycles. The first kappa shape index (κ1) is 13.4. The highest BCUT2D eigenvalue weighted by atomic mass is 35.5. The summed E-state index contributed by atoms with van der Waals surface area (Å²) >= 11 is 7.51. The lowest BCUT2D eigenvalue weighted by Gasteiger charge is -2.10. The van der Waals surface area contributed by atoms with Crippen molar-refractivity contribution >= 4 is 29.3 Å². The molecule has 1 aromatic rings. The lowest BCUT2D eigenvalue weighted by molar-refractivity contribution is 0.0522. The average Bonchev–Trinajstić information content (AvgIpc) is 2.20. The van der Waals surface area contributed by atoms with Gasteiger partial charge < -0.3 is 4.74 Å². The molecule has 0 heterocycles. The van der Waals surface area contributed by atoms with E-state index < -0.39 is 0 Å². The van der Waals surface area contributed by atoms with Crippen LogP contribution in [-0.4, -0.2) is 17.8 Å². The molecule has 0 saturated heterocycles. The zero-order chi connectivity index (χ0) is 12.1. The third-order valence-electron chi connectivity index (χ3n) is 1.80. The molecule has 1 rings (SSSR count). The maximum Gasteiger partial charge on any atom is 0.339 e. The Morgan fingerprint density at radius 1 is 1.50 bits per heavy atom. The minimum Gasteiger partial charge on any atom is -0.462 e. The number of hydrogen-bond acceptors (Lipinski definition) is 3. The van der Waals surface area contributed by atoms with Crippen molar-refractivity contribution in [3.05, 3.63) is 28.8 Å². The van der Waals surface area contributed by atoms with Crippen molar-refractivity contribution in [1.29, 1.82) is 0 Å². The lowest BCUT2D eigenvalue weighted by Crippen LogP contribution is -2.06. The standard InChI is InChI=1S/C12H15ClO2S/c1-4-15-12(14)10-7-9(13)5-6-11(10)16-8(2)3/h5-8H,4H2,1-3H3. The fourth-order valence-electron chi connectivity index (χ4n) is 1.23. The highest BCUT2D eigenvalue weighted by Gasteiger charge is 2.14. The second-order valence-corrected chi connectivity index (χ2v) is 5.58. The van der Waals surface area contributed by atoms with Crippen LogP contribution in [0.25, 0.3) is 0 Å². The summed E-state index contributed by atoms with van der Waals surface area (Å²) in [5, 5.41) is 0.963. The average molecular weight is 259 g/mol. The molecule has 88 valence electrons. The Bertz CT molecular complexity index is 377. The van der Waals surface area contributed by atoms with E-state index in [2.05, 4.69) is 13.8 Å². The first-order chi connectivity index (χ1) is 7.54. The molecule has 0 aliphatic carbocycles. The summed E-state index contributed by atoms with van der Waals surface area (Å²) in [6.07, 6.45) is 0. The Morgan fingerprint density at radius 2 is 2.19 bits per heavy atom. The molecule has 2 nitrogen and oxygen atoms in total. The Balaban J connectivity index is 3.02. The van der Waals surface area contributed by atoms with Crippen molar-refractivity contribution in [3.8, 4) is 0 Å². The van der Waals surface area contributed by atoms with Gasteiger partial charge in [0.2, 0.25) is 0 Å². The fourth-order valence-corrected chi connectivity index (χ4v) is 2.32. The fraction of sp³-hybridized carbons (Fsp3) is 0.417. The van der Waals surface area contributed by atoms with E-state index in [0.29, 0.717) is 22.4 Å². The number of ether oxygens (including phenoxy) is 1. The lowest BCUT2D eigenvalue weighted by atomic mass is 10.2. The summed E-state index contributed by atoms with van der Waals surface area (Å²) in [5.41, 5.74) is 0.549. The molecule has 0 unspecified atom stereocenters. The minimum absolute atomic E-state index is 0.312. The van der Waals surface area contributed by atoms with Gasteiger partial charge in [0.25, 0.3) is 0 Å². The van der Waals surface area contributed by atoms with E-state index in [9.17, 15) is 4.79 Å². The molecule has 0 atom stereocenters. The van der Waals surface area contributed by atoms with Gasteiger partial charge in [0.05, 0.1) is 12.2 Å². The number of benzene rings is 1. The second-order valence-electron chi connectivity index (χ2n) is 3.53. The molecule has 0 fully saturated rings. The zero-order valence-electron chi connectivity index (χ0n) is 9.62. The maximum absolute atomic E-state index is 11.7. The number of carbonyl (C=O) groups is 1. The number of rotatable bonds is 4. The van der Waals surface area contributed by atoms with Gasteiger partial charge in [0, 0.05) is 15.2 Å². The van der Waals surface area contributed by atoms with E-state index in [0.717, 1.165) is 4.90 Å². The molecule has 0 bridgehead atoms. The highest BCUT2D eigenvalue weighted by molar-refractivity contribution is 8.00. The SMILES string of the molecule is CCOC(=O)c1cc(Cl)ccc1SC(C)C. The number of halogens is 1. The van der Waals surface area contributed by atoms with Crippen molar-refractivity contribution in [2.75, 3.05) is 6.61 Å². The van der Waals surface area contributed by atoms with Gasteiger partial charge in [-0.25, -0.2) is 4.79 Å². The maximum atomic E-state index is 11.7. The van der Waals surface area contributed by atoms with E-state index >= 15 is 0 Å². The van der Waals surface area contributed by atoms with Gasteiger partial charge in [-0.3, -0.25) is 0 Å². The molecule has 0 spiro atoms. The van der Waals surface area contributed by atoms with Gasteiger partial charge in [0.1, 0.15) is 0 Å². The quantitative estimate of drug-likeness (QED) is 0.603. The van der Waals surface area contributed by atoms with Crippen molar-refractivity contribution in [3.63, 3.8) is 0 Å². The topological polar surface area (TPSA) is 26.3 Å². The number of esters is 1. The van der Waals surface area contributed by atoms with Gasteiger partial charge in [-0.15, -0.1) is 11.8 Å². The predicted molar refractivity (Wildman–Crippen MR) is 68.4 cm³/mol. The van der Waals surface area contributed by atoms with Crippen molar-refractivity contribution in [2.45, 2.75) is 30.9 Å². The van der Waals surface area contributed by atoms with E-state index in [1.807, 2.05) is 6.07 Å². The smallest absolute Gasteiger partial charge is 0.339 e. The summed E-state index contributed by atoms with van der Waals surface area (Å²) in [5.74, 6) is -0.312. The summed E-state index contributed by atoms with van der Waals surface area (Å²) in [6.45, 7) is 6.32. The van der Waals surface area contributed by atoms with Crippen LogP contribution in [0.15, 0.2) is 23.1 Å². The molecule has 4 heteroatoms. The van der Waals surface area contributed by atoms with E-state index in [1.165, 1.54) is 0 Å². The molecular formula is C12H15ClO2S. The molecule has 0 radical (unpaired) electrons. The summed E-state index contributed by atoms with van der Waals surface area (Å²) < 4.78 is 4.99. The van der Waals surface area contributed by atoms with Crippen LogP contribution in [0.1, 0.15) is 31.1 Å². The Hall–Kier alpha value is -0.670. The molecule has 16 heavy (non-hydrogen) atoms. The van der Waals surface area contributed by atoms with Crippen LogP contribution in [0.4, 0.5) is 0 Å². The highest BCUT2D eigenvalue weighted by Crippen LogP contribution is 2.29. The van der Waals surface area contributed by atoms with E-state index in [4.69, 9.17) is 16.3 Å². The summed E-state index contributed by atoms with van der Waals surface area (Å²) in [7, 11) is 0. The molecule has 0 aromatic heterocycles. The summed E-state index contributed by atoms with van der Waals surface area (Å²) in [4.78, 5) is 12.6. The molecule has 1 aromatic carbocycles. The first-order valence-electron chi connectivity index (χ1n) is 5.18. The van der Waals surface area contributed by atoms with Crippen molar-refractivity contribution < 1.29 is 9.53 Å². The van der Waals surface area contributed by atoms with E-state index in [-0.39, 0.29) is 5.97 Å².